The molecule has 0 aromatic heterocycles. The lowest BCUT2D eigenvalue weighted by Gasteiger charge is -2.34. The quantitative estimate of drug-likeness (QED) is 0.351. The molecule has 218 valence electrons. The van der Waals surface area contributed by atoms with Crippen molar-refractivity contribution in [3.63, 3.8) is 0 Å². The minimum absolute atomic E-state index is 0.134. The van der Waals surface area contributed by atoms with Gasteiger partial charge in [0.1, 0.15) is 25.8 Å². The summed E-state index contributed by atoms with van der Waals surface area (Å²) < 4.78 is 39.0. The zero-order chi connectivity index (χ0) is 29.4. The van der Waals surface area contributed by atoms with E-state index in [2.05, 4.69) is 5.32 Å². The number of aryl methyl sites for hydroxylation is 1. The topological polar surface area (TPSA) is 105 Å². The smallest absolute Gasteiger partial charge is 0.244 e. The second kappa shape index (κ2) is 13.5. The first-order valence-corrected chi connectivity index (χ1v) is 15.4. The van der Waals surface area contributed by atoms with E-state index in [4.69, 9.17) is 9.47 Å². The molecule has 1 N–H and O–H groups in total. The molecule has 10 heteroatoms. The molecule has 0 radical (unpaired) electrons. The predicted molar refractivity (Wildman–Crippen MR) is 159 cm³/mol. The lowest BCUT2D eigenvalue weighted by atomic mass is 10.0. The summed E-state index contributed by atoms with van der Waals surface area (Å²) in [5, 5.41) is 2.86. The van der Waals surface area contributed by atoms with Crippen LogP contribution in [0.3, 0.4) is 0 Å². The summed E-state index contributed by atoms with van der Waals surface area (Å²) in [6.45, 7) is 6.11. The van der Waals surface area contributed by atoms with Crippen LogP contribution in [0.4, 0.5) is 5.69 Å². The SMILES string of the molecule is CCNC(=O)[C@H](Cc1ccccc1)N(Cc1ccc(C)cc1)C(=O)CN(c1ccc2c(c1)OCCO2)S(=O)(=O)CC. The fourth-order valence-electron chi connectivity index (χ4n) is 4.64. The van der Waals surface area contributed by atoms with Gasteiger partial charge in [0.2, 0.25) is 21.8 Å². The fourth-order valence-corrected chi connectivity index (χ4v) is 5.70. The average Bonchev–Trinajstić information content (AvgIpc) is 2.98. The molecule has 41 heavy (non-hydrogen) atoms. The Labute approximate surface area is 242 Å². The molecule has 1 atom stereocenters. The van der Waals surface area contributed by atoms with Crippen molar-refractivity contribution in [3.8, 4) is 11.5 Å². The molecule has 0 unspecified atom stereocenters. The van der Waals surface area contributed by atoms with Gasteiger partial charge in [-0.05, 0) is 44.0 Å². The number of hydrogen-bond donors (Lipinski definition) is 1. The van der Waals surface area contributed by atoms with Crippen LogP contribution < -0.4 is 19.1 Å². The van der Waals surface area contributed by atoms with E-state index >= 15 is 0 Å². The van der Waals surface area contributed by atoms with E-state index in [1.54, 1.807) is 18.2 Å². The van der Waals surface area contributed by atoms with Gasteiger partial charge in [-0.15, -0.1) is 0 Å². The Balaban J connectivity index is 1.73. The van der Waals surface area contributed by atoms with Crippen LogP contribution >= 0.6 is 0 Å². The molecule has 1 aliphatic rings. The summed E-state index contributed by atoms with van der Waals surface area (Å²) >= 11 is 0. The molecule has 3 aromatic rings. The maximum atomic E-state index is 14.2. The molecular weight excluding hydrogens is 542 g/mol. The van der Waals surface area contributed by atoms with Crippen molar-refractivity contribution in [2.45, 2.75) is 39.8 Å². The number of benzene rings is 3. The number of ether oxygens (including phenoxy) is 2. The summed E-state index contributed by atoms with van der Waals surface area (Å²) in [4.78, 5) is 29.1. The molecule has 0 bridgehead atoms. The monoisotopic (exact) mass is 579 g/mol. The summed E-state index contributed by atoms with van der Waals surface area (Å²) in [6, 6.07) is 21.1. The van der Waals surface area contributed by atoms with Gasteiger partial charge in [-0.2, -0.15) is 0 Å². The van der Waals surface area contributed by atoms with Crippen LogP contribution in [-0.2, 0) is 32.6 Å². The molecule has 1 heterocycles. The Morgan fingerprint density at radius 1 is 0.902 bits per heavy atom. The Kier molecular flexibility index (Phi) is 9.88. The second-order valence-corrected chi connectivity index (χ2v) is 12.0. The van der Waals surface area contributed by atoms with Crippen LogP contribution in [-0.4, -0.2) is 63.2 Å². The summed E-state index contributed by atoms with van der Waals surface area (Å²) in [6.07, 6.45) is 0.273. The summed E-state index contributed by atoms with van der Waals surface area (Å²) in [7, 11) is -3.87. The van der Waals surface area contributed by atoms with Gasteiger partial charge in [0.15, 0.2) is 11.5 Å². The average molecular weight is 580 g/mol. The van der Waals surface area contributed by atoms with Crippen LogP contribution in [0.1, 0.15) is 30.5 Å². The van der Waals surface area contributed by atoms with Crippen LogP contribution in [0.15, 0.2) is 72.8 Å². The highest BCUT2D eigenvalue weighted by Gasteiger charge is 2.33. The Hall–Kier alpha value is -4.05. The fraction of sp³-hybridized carbons (Fsp3) is 0.355. The van der Waals surface area contributed by atoms with Gasteiger partial charge in [0.25, 0.3) is 0 Å². The lowest BCUT2D eigenvalue weighted by molar-refractivity contribution is -0.140. The van der Waals surface area contributed by atoms with E-state index < -0.39 is 28.5 Å². The standard InChI is InChI=1S/C31H37N3O6S/c1-4-32-31(36)27(19-24-9-7-6-8-10-24)33(21-25-13-11-23(3)12-14-25)30(35)22-34(41(37,38)5-2)26-15-16-28-29(20-26)40-18-17-39-28/h6-16,20,27H,4-5,17-19,21-22H2,1-3H3,(H,32,36)/t27-/m0/s1. The highest BCUT2D eigenvalue weighted by atomic mass is 32.2. The van der Waals surface area contributed by atoms with Crippen LogP contribution in [0, 0.1) is 6.92 Å². The first-order valence-electron chi connectivity index (χ1n) is 13.8. The molecular formula is C31H37N3O6S. The first-order chi connectivity index (χ1) is 19.7. The summed E-state index contributed by atoms with van der Waals surface area (Å²) in [5.74, 6) is -0.0828. The second-order valence-electron chi connectivity index (χ2n) is 9.84. The highest BCUT2D eigenvalue weighted by molar-refractivity contribution is 7.92. The molecule has 4 rings (SSSR count). The van der Waals surface area contributed by atoms with Crippen LogP contribution in [0.5, 0.6) is 11.5 Å². The maximum absolute atomic E-state index is 14.2. The van der Waals surface area contributed by atoms with Crippen molar-refractivity contribution >= 4 is 27.5 Å². The molecule has 0 spiro atoms. The van der Waals surface area contributed by atoms with Crippen LogP contribution in [0.2, 0.25) is 0 Å². The number of carbonyl (C=O) groups is 2. The Morgan fingerprint density at radius 3 is 2.24 bits per heavy atom. The molecule has 2 amide bonds. The zero-order valence-electron chi connectivity index (χ0n) is 23.7. The maximum Gasteiger partial charge on any atom is 0.244 e. The van der Waals surface area contributed by atoms with Gasteiger partial charge >= 0.3 is 0 Å². The molecule has 9 nitrogen and oxygen atoms in total. The summed E-state index contributed by atoms with van der Waals surface area (Å²) in [5.41, 5.74) is 3.07. The number of carbonyl (C=O) groups excluding carboxylic acids is 2. The van der Waals surface area contributed by atoms with Crippen LogP contribution in [0.25, 0.3) is 0 Å². The van der Waals surface area contributed by atoms with Crippen molar-refractivity contribution < 1.29 is 27.5 Å². The number of nitrogens with one attached hydrogen (secondary N) is 1. The molecule has 0 saturated carbocycles. The van der Waals surface area contributed by atoms with Crippen molar-refractivity contribution in [2.75, 3.05) is 36.4 Å². The van der Waals surface area contributed by atoms with Crippen molar-refractivity contribution in [3.05, 3.63) is 89.5 Å². The third kappa shape index (κ3) is 7.58. The van der Waals surface area contributed by atoms with Gasteiger partial charge in [0.05, 0.1) is 11.4 Å². The minimum Gasteiger partial charge on any atom is -0.486 e. The van der Waals surface area contributed by atoms with Gasteiger partial charge in [-0.25, -0.2) is 8.42 Å². The van der Waals surface area contributed by atoms with E-state index in [-0.39, 0.29) is 30.3 Å². The number of fused-ring (bicyclic) bond motifs is 1. The van der Waals surface area contributed by atoms with E-state index in [9.17, 15) is 18.0 Å². The normalized spacial score (nSPS) is 13.2. The number of nitrogens with zero attached hydrogens (tertiary/aromatic N) is 2. The van der Waals surface area contributed by atoms with Crippen molar-refractivity contribution in [1.29, 1.82) is 0 Å². The third-order valence-corrected chi connectivity index (χ3v) is 8.63. The van der Waals surface area contributed by atoms with E-state index in [0.717, 1.165) is 21.0 Å². The Morgan fingerprint density at radius 2 is 1.59 bits per heavy atom. The molecule has 3 aromatic carbocycles. The van der Waals surface area contributed by atoms with Gasteiger partial charge < -0.3 is 19.7 Å². The van der Waals surface area contributed by atoms with Gasteiger partial charge in [0, 0.05) is 25.6 Å². The highest BCUT2D eigenvalue weighted by Crippen LogP contribution is 2.35. The molecule has 0 fully saturated rings. The number of anilines is 1. The van der Waals surface area contributed by atoms with E-state index in [0.29, 0.717) is 31.3 Å². The minimum atomic E-state index is -3.87. The van der Waals surface area contributed by atoms with Crippen molar-refractivity contribution in [1.82, 2.24) is 10.2 Å². The zero-order valence-corrected chi connectivity index (χ0v) is 24.5. The number of hydrogen-bond acceptors (Lipinski definition) is 6. The Bertz CT molecular complexity index is 1440. The number of amides is 2. The molecule has 1 aliphatic heterocycles. The predicted octanol–water partition coefficient (Wildman–Crippen LogP) is 3.70. The number of likely N-dealkylation sites (N-methyl/N-ethyl adjacent to an activating group) is 1. The van der Waals surface area contributed by atoms with Crippen molar-refractivity contribution in [2.24, 2.45) is 0 Å². The van der Waals surface area contributed by atoms with Gasteiger partial charge in [-0.1, -0.05) is 60.2 Å². The van der Waals surface area contributed by atoms with E-state index in [1.807, 2.05) is 68.4 Å². The lowest BCUT2D eigenvalue weighted by Crippen LogP contribution is -2.53. The number of rotatable bonds is 12. The molecule has 0 aliphatic carbocycles. The number of sulfonamides is 1. The largest absolute Gasteiger partial charge is 0.486 e. The third-order valence-electron chi connectivity index (χ3n) is 6.89. The van der Waals surface area contributed by atoms with E-state index in [1.165, 1.54) is 11.8 Å². The molecule has 0 saturated heterocycles. The first kappa shape index (κ1) is 29.9. The van der Waals surface area contributed by atoms with Gasteiger partial charge in [-0.3, -0.25) is 13.9 Å².